The molecule has 2 aliphatic rings. The van der Waals surface area contributed by atoms with Crippen LogP contribution in [0.3, 0.4) is 0 Å². The van der Waals surface area contributed by atoms with Crippen molar-refractivity contribution in [2.24, 2.45) is 0 Å². The molecule has 3 heterocycles. The van der Waals surface area contributed by atoms with Crippen LogP contribution in [0, 0.1) is 0 Å². The predicted octanol–water partition coefficient (Wildman–Crippen LogP) is 4.11. The molecule has 1 fully saturated rings. The summed E-state index contributed by atoms with van der Waals surface area (Å²) in [7, 11) is 0. The number of nitrogens with zero attached hydrogens (tertiary/aromatic N) is 3. The number of rotatable bonds is 3. The van der Waals surface area contributed by atoms with E-state index in [9.17, 15) is 9.59 Å². The molecule has 2 bridgehead atoms. The summed E-state index contributed by atoms with van der Waals surface area (Å²) in [4.78, 5) is 34.6. The number of ether oxygens (including phenoxy) is 2. The smallest absolute Gasteiger partial charge is 0.259 e. The van der Waals surface area contributed by atoms with Crippen molar-refractivity contribution in [1.29, 1.82) is 0 Å². The molecule has 0 aliphatic carbocycles. The SMILES string of the molecule is CCOc1ncccc1C(=O)N1CCCC(=O)N2CCCCC2CCc2cccc(c2)OCC1. The second-order valence-electron chi connectivity index (χ2n) is 8.96. The highest BCUT2D eigenvalue weighted by Gasteiger charge is 2.27. The van der Waals surface area contributed by atoms with E-state index in [2.05, 4.69) is 22.0 Å². The van der Waals surface area contributed by atoms with Crippen LogP contribution in [-0.2, 0) is 11.2 Å². The van der Waals surface area contributed by atoms with Crippen LogP contribution in [0.15, 0.2) is 42.6 Å². The number of carbonyl (C=O) groups excluding carboxylic acids is 2. The zero-order valence-electron chi connectivity index (χ0n) is 20.1. The van der Waals surface area contributed by atoms with Crippen molar-refractivity contribution in [3.8, 4) is 11.6 Å². The molecule has 0 radical (unpaired) electrons. The van der Waals surface area contributed by atoms with Gasteiger partial charge in [0.05, 0.1) is 13.2 Å². The zero-order chi connectivity index (χ0) is 23.8. The molecule has 0 saturated carbocycles. The highest BCUT2D eigenvalue weighted by atomic mass is 16.5. The van der Waals surface area contributed by atoms with E-state index in [0.29, 0.717) is 50.6 Å². The van der Waals surface area contributed by atoms with Gasteiger partial charge in [0.25, 0.3) is 5.91 Å². The van der Waals surface area contributed by atoms with Crippen molar-refractivity contribution in [2.45, 2.75) is 57.9 Å². The molecule has 2 aromatic rings. The lowest BCUT2D eigenvalue weighted by Crippen LogP contribution is -2.44. The zero-order valence-corrected chi connectivity index (χ0v) is 20.1. The maximum atomic E-state index is 13.4. The van der Waals surface area contributed by atoms with E-state index in [4.69, 9.17) is 9.47 Å². The van der Waals surface area contributed by atoms with E-state index in [1.54, 1.807) is 23.2 Å². The number of hydrogen-bond acceptors (Lipinski definition) is 5. The van der Waals surface area contributed by atoms with Gasteiger partial charge in [0.2, 0.25) is 11.8 Å². The summed E-state index contributed by atoms with van der Waals surface area (Å²) in [6.45, 7) is 4.42. The number of aryl methyl sites for hydroxylation is 1. The Kier molecular flexibility index (Phi) is 8.39. The maximum absolute atomic E-state index is 13.4. The average molecular weight is 466 g/mol. The van der Waals surface area contributed by atoms with E-state index in [1.165, 1.54) is 12.0 Å². The van der Waals surface area contributed by atoms with Gasteiger partial charge in [-0.1, -0.05) is 12.1 Å². The second kappa shape index (κ2) is 11.9. The molecule has 4 rings (SSSR count). The molecule has 0 N–H and O–H groups in total. The summed E-state index contributed by atoms with van der Waals surface area (Å²) in [5, 5.41) is 0. The summed E-state index contributed by atoms with van der Waals surface area (Å²) < 4.78 is 11.6. The number of benzene rings is 1. The van der Waals surface area contributed by atoms with Gasteiger partial charge in [-0.3, -0.25) is 9.59 Å². The fourth-order valence-electron chi connectivity index (χ4n) is 4.88. The number of aromatic nitrogens is 1. The number of hydrogen-bond donors (Lipinski definition) is 0. The molecule has 1 atom stereocenters. The molecule has 1 unspecified atom stereocenters. The Labute approximate surface area is 202 Å². The number of fused-ring (bicyclic) bond motifs is 3. The largest absolute Gasteiger partial charge is 0.492 e. The first-order chi connectivity index (χ1) is 16.7. The van der Waals surface area contributed by atoms with Crippen molar-refractivity contribution in [3.05, 3.63) is 53.7 Å². The molecule has 182 valence electrons. The summed E-state index contributed by atoms with van der Waals surface area (Å²) in [5.74, 6) is 1.20. The summed E-state index contributed by atoms with van der Waals surface area (Å²) in [6.07, 6.45) is 7.89. The minimum Gasteiger partial charge on any atom is -0.492 e. The van der Waals surface area contributed by atoms with Crippen molar-refractivity contribution in [2.75, 3.05) is 32.8 Å². The van der Waals surface area contributed by atoms with Gasteiger partial charge in [-0.15, -0.1) is 0 Å². The molecule has 7 heteroatoms. The van der Waals surface area contributed by atoms with Crippen molar-refractivity contribution in [1.82, 2.24) is 14.8 Å². The standard InChI is InChI=1S/C27H35N3O4/c1-2-33-26-24(11-6-15-28-26)27(32)29-16-7-12-25(31)30-17-4-3-9-22(30)14-13-21-8-5-10-23(20-21)34-19-18-29/h5-6,8,10-11,15,20,22H,2-4,7,9,12-14,16-19H2,1H3. The number of piperidine rings is 1. The van der Waals surface area contributed by atoms with Gasteiger partial charge in [0.15, 0.2) is 0 Å². The Morgan fingerprint density at radius 3 is 2.88 bits per heavy atom. The fourth-order valence-corrected chi connectivity index (χ4v) is 4.88. The lowest BCUT2D eigenvalue weighted by molar-refractivity contribution is -0.135. The fraction of sp³-hybridized carbons (Fsp3) is 0.519. The van der Waals surface area contributed by atoms with E-state index < -0.39 is 0 Å². The molecule has 2 aliphatic heterocycles. The lowest BCUT2D eigenvalue weighted by Gasteiger charge is -2.36. The monoisotopic (exact) mass is 465 g/mol. The summed E-state index contributed by atoms with van der Waals surface area (Å²) >= 11 is 0. The average Bonchev–Trinajstić information content (AvgIpc) is 2.87. The summed E-state index contributed by atoms with van der Waals surface area (Å²) in [5.41, 5.74) is 1.65. The predicted molar refractivity (Wildman–Crippen MR) is 130 cm³/mol. The Bertz CT molecular complexity index is 980. The van der Waals surface area contributed by atoms with E-state index in [1.807, 2.05) is 19.1 Å². The quantitative estimate of drug-likeness (QED) is 0.682. The molecule has 0 spiro atoms. The van der Waals surface area contributed by atoms with Crippen molar-refractivity contribution < 1.29 is 19.1 Å². The summed E-state index contributed by atoms with van der Waals surface area (Å²) in [6, 6.07) is 11.9. The Morgan fingerprint density at radius 1 is 1.09 bits per heavy atom. The van der Waals surface area contributed by atoms with E-state index in [-0.39, 0.29) is 17.9 Å². The third-order valence-electron chi connectivity index (χ3n) is 6.63. The normalized spacial score (nSPS) is 19.9. The van der Waals surface area contributed by atoms with Crippen LogP contribution < -0.4 is 9.47 Å². The Hall–Kier alpha value is -3.09. The van der Waals surface area contributed by atoms with Gasteiger partial charge in [0, 0.05) is 31.7 Å². The molecule has 2 amide bonds. The van der Waals surface area contributed by atoms with Gasteiger partial charge in [-0.05, 0) is 75.3 Å². The van der Waals surface area contributed by atoms with Gasteiger partial charge in [-0.25, -0.2) is 4.98 Å². The van der Waals surface area contributed by atoms with Gasteiger partial charge < -0.3 is 19.3 Å². The second-order valence-corrected chi connectivity index (χ2v) is 8.96. The maximum Gasteiger partial charge on any atom is 0.259 e. The number of carbonyl (C=O) groups is 2. The third kappa shape index (κ3) is 6.07. The molecule has 34 heavy (non-hydrogen) atoms. The molecule has 7 nitrogen and oxygen atoms in total. The van der Waals surface area contributed by atoms with Crippen LogP contribution in [0.1, 0.15) is 61.4 Å². The topological polar surface area (TPSA) is 72.0 Å². The first-order valence-electron chi connectivity index (χ1n) is 12.5. The first-order valence-corrected chi connectivity index (χ1v) is 12.5. The Balaban J connectivity index is 1.54. The third-order valence-corrected chi connectivity index (χ3v) is 6.63. The van der Waals surface area contributed by atoms with Crippen LogP contribution in [-0.4, -0.2) is 65.5 Å². The van der Waals surface area contributed by atoms with Crippen LogP contribution in [0.4, 0.5) is 0 Å². The Morgan fingerprint density at radius 2 is 2.00 bits per heavy atom. The molecule has 1 aromatic heterocycles. The van der Waals surface area contributed by atoms with Crippen LogP contribution in [0.5, 0.6) is 11.6 Å². The van der Waals surface area contributed by atoms with Crippen molar-refractivity contribution >= 4 is 11.8 Å². The first kappa shape index (κ1) is 24.0. The van der Waals surface area contributed by atoms with Gasteiger partial charge >= 0.3 is 0 Å². The van der Waals surface area contributed by atoms with E-state index in [0.717, 1.165) is 38.0 Å². The minimum atomic E-state index is -0.151. The highest BCUT2D eigenvalue weighted by molar-refractivity contribution is 5.96. The van der Waals surface area contributed by atoms with Gasteiger partial charge in [0.1, 0.15) is 17.9 Å². The van der Waals surface area contributed by atoms with Crippen LogP contribution in [0.2, 0.25) is 0 Å². The van der Waals surface area contributed by atoms with Crippen LogP contribution >= 0.6 is 0 Å². The highest BCUT2D eigenvalue weighted by Crippen LogP contribution is 2.24. The molecule has 1 saturated heterocycles. The number of amides is 2. The van der Waals surface area contributed by atoms with Crippen LogP contribution in [0.25, 0.3) is 0 Å². The van der Waals surface area contributed by atoms with E-state index >= 15 is 0 Å². The lowest BCUT2D eigenvalue weighted by atomic mass is 9.95. The molecular formula is C27H35N3O4. The molecule has 1 aromatic carbocycles. The number of pyridine rings is 1. The minimum absolute atomic E-state index is 0.151. The van der Waals surface area contributed by atoms with Gasteiger partial charge in [-0.2, -0.15) is 0 Å². The molecular weight excluding hydrogens is 430 g/mol. The van der Waals surface area contributed by atoms with Crippen molar-refractivity contribution in [3.63, 3.8) is 0 Å².